The molecule has 3 aromatic rings. The van der Waals surface area contributed by atoms with Crippen molar-refractivity contribution in [3.05, 3.63) is 47.4 Å². The van der Waals surface area contributed by atoms with Crippen molar-refractivity contribution in [2.45, 2.75) is 32.8 Å². The third-order valence-electron chi connectivity index (χ3n) is 5.95. The summed E-state index contributed by atoms with van der Waals surface area (Å²) in [6, 6.07) is 8.97. The Kier molecular flexibility index (Phi) is 6.66. The second-order valence-electron chi connectivity index (χ2n) is 8.65. The summed E-state index contributed by atoms with van der Waals surface area (Å²) >= 11 is 6.08. The largest absolute Gasteiger partial charge is 0.441 e. The summed E-state index contributed by atoms with van der Waals surface area (Å²) in [5.41, 5.74) is 1.30. The van der Waals surface area contributed by atoms with Crippen molar-refractivity contribution < 1.29 is 14.3 Å². The number of nitrogens with zero attached hydrogens (tertiary/aromatic N) is 6. The third-order valence-corrected chi connectivity index (χ3v) is 6.26. The molecule has 0 aliphatic heterocycles. The SMILES string of the molecule is C[C@@H](OC(=O)Nc1c(-c2ccc(NC(=O)[C@]3(C)C[C@@H](C#N)C3)cn2)nnn1C)c1cccnc1Cl. The molecule has 2 amide bonds. The van der Waals surface area contributed by atoms with Crippen LogP contribution in [0.2, 0.25) is 5.15 Å². The number of rotatable bonds is 6. The molecule has 12 heteroatoms. The van der Waals surface area contributed by atoms with Crippen LogP contribution < -0.4 is 10.6 Å². The van der Waals surface area contributed by atoms with Crippen LogP contribution in [0.3, 0.4) is 0 Å². The molecular formula is C23H23ClN8O3. The number of aromatic nitrogens is 5. The van der Waals surface area contributed by atoms with E-state index in [1.807, 2.05) is 6.92 Å². The van der Waals surface area contributed by atoms with Gasteiger partial charge in [-0.2, -0.15) is 5.26 Å². The Balaban J connectivity index is 1.42. The molecule has 0 bridgehead atoms. The van der Waals surface area contributed by atoms with Gasteiger partial charge in [0.05, 0.1) is 23.6 Å². The zero-order valence-corrected chi connectivity index (χ0v) is 20.1. The highest BCUT2D eigenvalue weighted by Crippen LogP contribution is 2.45. The molecule has 4 rings (SSSR count). The van der Waals surface area contributed by atoms with Gasteiger partial charge in [0.1, 0.15) is 11.3 Å². The van der Waals surface area contributed by atoms with E-state index in [1.54, 1.807) is 44.4 Å². The Morgan fingerprint density at radius 1 is 1.29 bits per heavy atom. The first-order chi connectivity index (χ1) is 16.7. The van der Waals surface area contributed by atoms with Gasteiger partial charge in [0.15, 0.2) is 11.5 Å². The van der Waals surface area contributed by atoms with E-state index in [0.717, 1.165) is 0 Å². The van der Waals surface area contributed by atoms with Crippen molar-refractivity contribution >= 4 is 35.1 Å². The van der Waals surface area contributed by atoms with Gasteiger partial charge in [0.2, 0.25) is 5.91 Å². The number of pyridine rings is 2. The Morgan fingerprint density at radius 2 is 2.06 bits per heavy atom. The molecule has 3 aromatic heterocycles. The molecule has 0 radical (unpaired) electrons. The molecular weight excluding hydrogens is 472 g/mol. The number of ether oxygens (including phenoxy) is 1. The quantitative estimate of drug-likeness (QED) is 0.486. The van der Waals surface area contributed by atoms with Crippen LogP contribution in [-0.4, -0.2) is 37.0 Å². The summed E-state index contributed by atoms with van der Waals surface area (Å²) in [6.45, 7) is 3.53. The zero-order valence-electron chi connectivity index (χ0n) is 19.3. The number of nitrogens with one attached hydrogen (secondary N) is 2. The molecule has 1 saturated carbocycles. The summed E-state index contributed by atoms with van der Waals surface area (Å²) in [4.78, 5) is 33.5. The number of hydrogen-bond acceptors (Lipinski definition) is 8. The first kappa shape index (κ1) is 24.1. The van der Waals surface area contributed by atoms with E-state index in [0.29, 0.717) is 35.5 Å². The highest BCUT2D eigenvalue weighted by molar-refractivity contribution is 6.30. The van der Waals surface area contributed by atoms with Crippen LogP contribution in [0.1, 0.15) is 38.4 Å². The molecule has 1 aliphatic rings. The lowest BCUT2D eigenvalue weighted by molar-refractivity contribution is -0.130. The fourth-order valence-electron chi connectivity index (χ4n) is 3.92. The predicted molar refractivity (Wildman–Crippen MR) is 127 cm³/mol. The Bertz CT molecular complexity index is 1290. The summed E-state index contributed by atoms with van der Waals surface area (Å²) in [5.74, 6) is 0.0594. The molecule has 1 atom stereocenters. The average Bonchev–Trinajstić information content (AvgIpc) is 3.17. The first-order valence-electron chi connectivity index (χ1n) is 10.9. The monoisotopic (exact) mass is 494 g/mol. The maximum absolute atomic E-state index is 12.6. The predicted octanol–water partition coefficient (Wildman–Crippen LogP) is 4.11. The second-order valence-corrected chi connectivity index (χ2v) is 9.01. The minimum absolute atomic E-state index is 0.0788. The lowest BCUT2D eigenvalue weighted by Gasteiger charge is -2.40. The Hall–Kier alpha value is -4.04. The van der Waals surface area contributed by atoms with Gasteiger partial charge in [-0.3, -0.25) is 15.1 Å². The molecule has 0 aromatic carbocycles. The van der Waals surface area contributed by atoms with E-state index in [9.17, 15) is 9.59 Å². The lowest BCUT2D eigenvalue weighted by Crippen LogP contribution is -2.44. The van der Waals surface area contributed by atoms with Crippen molar-refractivity contribution in [3.63, 3.8) is 0 Å². The van der Waals surface area contributed by atoms with Crippen LogP contribution >= 0.6 is 11.6 Å². The van der Waals surface area contributed by atoms with Crippen LogP contribution in [0.15, 0.2) is 36.7 Å². The Morgan fingerprint density at radius 3 is 2.71 bits per heavy atom. The molecule has 35 heavy (non-hydrogen) atoms. The van der Waals surface area contributed by atoms with Gasteiger partial charge in [-0.25, -0.2) is 14.5 Å². The van der Waals surface area contributed by atoms with Crippen molar-refractivity contribution in [1.82, 2.24) is 25.0 Å². The minimum atomic E-state index is -0.725. The van der Waals surface area contributed by atoms with E-state index >= 15 is 0 Å². The van der Waals surface area contributed by atoms with Crippen molar-refractivity contribution in [2.24, 2.45) is 18.4 Å². The molecule has 0 spiro atoms. The number of carbonyl (C=O) groups excluding carboxylic acids is 2. The zero-order chi connectivity index (χ0) is 25.2. The molecule has 0 unspecified atom stereocenters. The number of carbonyl (C=O) groups is 2. The number of aryl methyl sites for hydroxylation is 1. The second kappa shape index (κ2) is 9.68. The maximum Gasteiger partial charge on any atom is 0.413 e. The number of amides is 2. The number of hydrogen-bond donors (Lipinski definition) is 2. The summed E-state index contributed by atoms with van der Waals surface area (Å²) < 4.78 is 6.82. The standard InChI is InChI=1S/C23H23ClN8O3/c1-13(16-5-4-8-26-19(16)24)35-22(34)29-20-18(30-31-32(20)3)17-7-6-15(12-27-17)28-21(33)23(2)9-14(10-23)11-25/h4-8,12-14H,9-10H2,1-3H3,(H,28,33)(H,29,34)/t13-,14-,23-/m1/s1. The minimum Gasteiger partial charge on any atom is -0.441 e. The van der Waals surface area contributed by atoms with Gasteiger partial charge >= 0.3 is 6.09 Å². The molecule has 1 fully saturated rings. The van der Waals surface area contributed by atoms with E-state index in [-0.39, 0.29) is 22.8 Å². The van der Waals surface area contributed by atoms with Gasteiger partial charge in [0, 0.05) is 30.1 Å². The topological polar surface area (TPSA) is 148 Å². The first-order valence-corrected chi connectivity index (χ1v) is 11.2. The van der Waals surface area contributed by atoms with Gasteiger partial charge in [-0.05, 0) is 38.0 Å². The van der Waals surface area contributed by atoms with Crippen molar-refractivity contribution in [2.75, 3.05) is 10.6 Å². The van der Waals surface area contributed by atoms with Crippen LogP contribution in [-0.2, 0) is 16.6 Å². The average molecular weight is 495 g/mol. The molecule has 3 heterocycles. The highest BCUT2D eigenvalue weighted by atomic mass is 35.5. The van der Waals surface area contributed by atoms with E-state index in [4.69, 9.17) is 21.6 Å². The molecule has 1 aliphatic carbocycles. The van der Waals surface area contributed by atoms with Crippen LogP contribution in [0.25, 0.3) is 11.4 Å². The number of halogens is 1. The van der Waals surface area contributed by atoms with Crippen molar-refractivity contribution in [1.29, 1.82) is 5.26 Å². The van der Waals surface area contributed by atoms with Gasteiger partial charge in [0.25, 0.3) is 0 Å². The fourth-order valence-corrected chi connectivity index (χ4v) is 4.19. The maximum atomic E-state index is 12.6. The summed E-state index contributed by atoms with van der Waals surface area (Å²) in [7, 11) is 1.62. The smallest absolute Gasteiger partial charge is 0.413 e. The highest BCUT2D eigenvalue weighted by Gasteiger charge is 2.46. The van der Waals surface area contributed by atoms with Crippen molar-refractivity contribution in [3.8, 4) is 17.5 Å². The fraction of sp³-hybridized carbons (Fsp3) is 0.348. The van der Waals surface area contributed by atoms with E-state index < -0.39 is 17.6 Å². The van der Waals surface area contributed by atoms with Crippen LogP contribution in [0, 0.1) is 22.7 Å². The van der Waals surface area contributed by atoms with Crippen LogP contribution in [0.5, 0.6) is 0 Å². The van der Waals surface area contributed by atoms with Gasteiger partial charge in [-0.15, -0.1) is 5.10 Å². The molecule has 11 nitrogen and oxygen atoms in total. The Labute approximate surface area is 206 Å². The summed E-state index contributed by atoms with van der Waals surface area (Å²) in [6.07, 6.45) is 2.77. The molecule has 2 N–H and O–H groups in total. The lowest BCUT2D eigenvalue weighted by atomic mass is 9.63. The number of anilines is 2. The summed E-state index contributed by atoms with van der Waals surface area (Å²) in [5, 5.41) is 22.8. The van der Waals surface area contributed by atoms with E-state index in [1.165, 1.54) is 10.9 Å². The van der Waals surface area contributed by atoms with Gasteiger partial charge < -0.3 is 10.1 Å². The normalized spacial score (nSPS) is 19.7. The third kappa shape index (κ3) is 5.07. The molecule has 0 saturated heterocycles. The van der Waals surface area contributed by atoms with E-state index in [2.05, 4.69) is 37.0 Å². The van der Waals surface area contributed by atoms with Gasteiger partial charge in [-0.1, -0.05) is 29.8 Å². The molecule has 180 valence electrons. The number of nitriles is 1. The van der Waals surface area contributed by atoms with Crippen LogP contribution in [0.4, 0.5) is 16.3 Å².